The molecule has 0 N–H and O–H groups in total. The summed E-state index contributed by atoms with van der Waals surface area (Å²) >= 11 is 0. The van der Waals surface area contributed by atoms with Gasteiger partial charge in [-0.05, 0) is 24.6 Å². The molecule has 0 unspecified atom stereocenters. The lowest BCUT2D eigenvalue weighted by atomic mass is 10.1. The number of fused-ring (bicyclic) bond motifs is 1. The molecule has 1 heterocycles. The lowest BCUT2D eigenvalue weighted by Crippen LogP contribution is -1.84. The van der Waals surface area contributed by atoms with Crippen LogP contribution >= 0.6 is 0 Å². The van der Waals surface area contributed by atoms with Gasteiger partial charge in [0.25, 0.3) is 0 Å². The van der Waals surface area contributed by atoms with E-state index >= 15 is 0 Å². The summed E-state index contributed by atoms with van der Waals surface area (Å²) in [6.45, 7) is 1.91. The third kappa shape index (κ3) is 1.35. The molecule has 0 aliphatic carbocycles. The number of carbonyl (C=O) groups is 1. The van der Waals surface area contributed by atoms with Gasteiger partial charge in [0, 0.05) is 11.8 Å². The van der Waals surface area contributed by atoms with Crippen LogP contribution in [0, 0.1) is 6.92 Å². The Bertz CT molecular complexity index is 440. The van der Waals surface area contributed by atoms with Crippen LogP contribution in [0.2, 0.25) is 0 Å². The van der Waals surface area contributed by atoms with E-state index in [4.69, 9.17) is 4.42 Å². The lowest BCUT2D eigenvalue weighted by molar-refractivity contribution is -0.107. The number of rotatable bonds is 2. The van der Waals surface area contributed by atoms with Gasteiger partial charge in [-0.2, -0.15) is 0 Å². The molecule has 0 aliphatic rings. The standard InChI is InChI=1S/C11H10O2/c1-8-7-10-9(5-6-12)3-2-4-11(10)13-8/h2-4,6-7H,5H2,1H3. The summed E-state index contributed by atoms with van der Waals surface area (Å²) in [6, 6.07) is 7.74. The number of hydrogen-bond donors (Lipinski definition) is 0. The van der Waals surface area contributed by atoms with Gasteiger partial charge in [0.1, 0.15) is 17.6 Å². The molecule has 2 heteroatoms. The second-order valence-corrected chi connectivity index (χ2v) is 3.06. The summed E-state index contributed by atoms with van der Waals surface area (Å²) in [5.41, 5.74) is 1.89. The Balaban J connectivity index is 2.67. The molecule has 1 aromatic heterocycles. The van der Waals surface area contributed by atoms with Gasteiger partial charge in [0.05, 0.1) is 0 Å². The number of aldehydes is 1. The molecule has 0 spiro atoms. The fourth-order valence-electron chi connectivity index (χ4n) is 1.52. The zero-order chi connectivity index (χ0) is 9.26. The number of benzene rings is 1. The molecule has 2 nitrogen and oxygen atoms in total. The fourth-order valence-corrected chi connectivity index (χ4v) is 1.52. The van der Waals surface area contributed by atoms with E-state index in [0.717, 1.165) is 28.6 Å². The Morgan fingerprint density at radius 2 is 2.31 bits per heavy atom. The van der Waals surface area contributed by atoms with Crippen molar-refractivity contribution < 1.29 is 9.21 Å². The molecule has 0 atom stereocenters. The van der Waals surface area contributed by atoms with E-state index in [0.29, 0.717) is 6.42 Å². The summed E-state index contributed by atoms with van der Waals surface area (Å²) in [4.78, 5) is 10.4. The topological polar surface area (TPSA) is 30.2 Å². The highest BCUT2D eigenvalue weighted by Crippen LogP contribution is 2.22. The maximum Gasteiger partial charge on any atom is 0.134 e. The Morgan fingerprint density at radius 1 is 1.46 bits per heavy atom. The SMILES string of the molecule is Cc1cc2c(CC=O)cccc2o1. The van der Waals surface area contributed by atoms with Crippen LogP contribution in [0.4, 0.5) is 0 Å². The molecule has 0 radical (unpaired) electrons. The Labute approximate surface area is 76.2 Å². The van der Waals surface area contributed by atoms with Crippen LogP contribution in [0.3, 0.4) is 0 Å². The van der Waals surface area contributed by atoms with Crippen molar-refractivity contribution in [2.45, 2.75) is 13.3 Å². The smallest absolute Gasteiger partial charge is 0.134 e. The van der Waals surface area contributed by atoms with Crippen LogP contribution in [0.15, 0.2) is 28.7 Å². The van der Waals surface area contributed by atoms with Crippen LogP contribution in [-0.2, 0) is 11.2 Å². The minimum Gasteiger partial charge on any atom is -0.461 e. The number of hydrogen-bond acceptors (Lipinski definition) is 2. The van der Waals surface area contributed by atoms with Gasteiger partial charge in [0.2, 0.25) is 0 Å². The highest BCUT2D eigenvalue weighted by atomic mass is 16.3. The van der Waals surface area contributed by atoms with Crippen LogP contribution < -0.4 is 0 Å². The highest BCUT2D eigenvalue weighted by Gasteiger charge is 2.03. The minimum absolute atomic E-state index is 0.455. The molecule has 0 aliphatic heterocycles. The molecule has 0 fully saturated rings. The van der Waals surface area contributed by atoms with Crippen molar-refractivity contribution in [2.75, 3.05) is 0 Å². The molecular formula is C11H10O2. The van der Waals surface area contributed by atoms with Crippen molar-refractivity contribution >= 4 is 17.3 Å². The number of carbonyl (C=O) groups excluding carboxylic acids is 1. The van der Waals surface area contributed by atoms with E-state index in [9.17, 15) is 4.79 Å². The van der Waals surface area contributed by atoms with Gasteiger partial charge in [0.15, 0.2) is 0 Å². The van der Waals surface area contributed by atoms with Gasteiger partial charge < -0.3 is 9.21 Å². The molecule has 0 saturated carbocycles. The summed E-state index contributed by atoms with van der Waals surface area (Å²) in [7, 11) is 0. The van der Waals surface area contributed by atoms with Gasteiger partial charge in [-0.3, -0.25) is 0 Å². The first-order valence-corrected chi connectivity index (χ1v) is 4.23. The summed E-state index contributed by atoms with van der Waals surface area (Å²) < 4.78 is 5.44. The normalized spacial score (nSPS) is 10.5. The second kappa shape index (κ2) is 3.05. The summed E-state index contributed by atoms with van der Waals surface area (Å²) in [6.07, 6.45) is 1.37. The van der Waals surface area contributed by atoms with Crippen LogP contribution in [-0.4, -0.2) is 6.29 Å². The zero-order valence-corrected chi connectivity index (χ0v) is 7.41. The number of aryl methyl sites for hydroxylation is 1. The molecule has 0 bridgehead atoms. The predicted molar refractivity (Wildman–Crippen MR) is 50.7 cm³/mol. The van der Waals surface area contributed by atoms with Gasteiger partial charge in [-0.15, -0.1) is 0 Å². The Kier molecular flexibility index (Phi) is 1.89. The average Bonchev–Trinajstić information content (AvgIpc) is 2.47. The van der Waals surface area contributed by atoms with Gasteiger partial charge >= 0.3 is 0 Å². The first-order chi connectivity index (χ1) is 6.31. The number of furan rings is 1. The van der Waals surface area contributed by atoms with E-state index in [1.165, 1.54) is 0 Å². The Hall–Kier alpha value is -1.57. The highest BCUT2D eigenvalue weighted by molar-refractivity contribution is 5.83. The summed E-state index contributed by atoms with van der Waals surface area (Å²) in [5.74, 6) is 0.883. The van der Waals surface area contributed by atoms with Crippen LogP contribution in [0.25, 0.3) is 11.0 Å². The quantitative estimate of drug-likeness (QED) is 0.655. The van der Waals surface area contributed by atoms with E-state index in [2.05, 4.69) is 0 Å². The molecule has 2 aromatic rings. The molecule has 0 saturated heterocycles. The average molecular weight is 174 g/mol. The first kappa shape index (κ1) is 8.05. The van der Waals surface area contributed by atoms with Crippen molar-refractivity contribution in [3.8, 4) is 0 Å². The minimum atomic E-state index is 0.455. The van der Waals surface area contributed by atoms with Crippen LogP contribution in [0.1, 0.15) is 11.3 Å². The maximum atomic E-state index is 10.4. The van der Waals surface area contributed by atoms with Crippen molar-refractivity contribution in [1.82, 2.24) is 0 Å². The third-order valence-corrected chi connectivity index (χ3v) is 2.08. The molecule has 13 heavy (non-hydrogen) atoms. The first-order valence-electron chi connectivity index (χ1n) is 4.23. The van der Waals surface area contributed by atoms with E-state index in [-0.39, 0.29) is 0 Å². The molecular weight excluding hydrogens is 164 g/mol. The van der Waals surface area contributed by atoms with E-state index in [1.54, 1.807) is 0 Å². The largest absolute Gasteiger partial charge is 0.461 e. The van der Waals surface area contributed by atoms with Crippen molar-refractivity contribution in [1.29, 1.82) is 0 Å². The lowest BCUT2D eigenvalue weighted by Gasteiger charge is -1.95. The summed E-state index contributed by atoms with van der Waals surface area (Å²) in [5, 5.41) is 1.05. The Morgan fingerprint density at radius 3 is 3.08 bits per heavy atom. The molecule has 66 valence electrons. The van der Waals surface area contributed by atoms with E-state index in [1.807, 2.05) is 31.2 Å². The zero-order valence-electron chi connectivity index (χ0n) is 7.41. The molecule has 2 rings (SSSR count). The monoisotopic (exact) mass is 174 g/mol. The van der Waals surface area contributed by atoms with E-state index < -0.39 is 0 Å². The predicted octanol–water partition coefficient (Wildman–Crippen LogP) is 2.48. The van der Waals surface area contributed by atoms with Crippen molar-refractivity contribution in [3.05, 3.63) is 35.6 Å². The second-order valence-electron chi connectivity index (χ2n) is 3.06. The van der Waals surface area contributed by atoms with Crippen molar-refractivity contribution in [2.24, 2.45) is 0 Å². The molecule has 1 aromatic carbocycles. The third-order valence-electron chi connectivity index (χ3n) is 2.08. The fraction of sp³-hybridized carbons (Fsp3) is 0.182. The molecule has 0 amide bonds. The van der Waals surface area contributed by atoms with Gasteiger partial charge in [-0.1, -0.05) is 12.1 Å². The van der Waals surface area contributed by atoms with Gasteiger partial charge in [-0.25, -0.2) is 0 Å². The maximum absolute atomic E-state index is 10.4. The van der Waals surface area contributed by atoms with Crippen LogP contribution in [0.5, 0.6) is 0 Å². The van der Waals surface area contributed by atoms with Crippen molar-refractivity contribution in [3.63, 3.8) is 0 Å².